The molecule has 1 N–H and O–H groups in total. The Kier molecular flexibility index (Phi) is 4.53. The number of nitrogens with one attached hydrogen (secondary N) is 1. The van der Waals surface area contributed by atoms with E-state index in [1.54, 1.807) is 0 Å². The van der Waals surface area contributed by atoms with Crippen LogP contribution in [0, 0.1) is 22.9 Å². The van der Waals surface area contributed by atoms with Gasteiger partial charge in [-0.2, -0.15) is 13.2 Å². The van der Waals surface area contributed by atoms with Gasteiger partial charge in [0.05, 0.1) is 10.5 Å². The second-order valence-corrected chi connectivity index (χ2v) is 4.91. The Balaban J connectivity index is 2.22. The minimum Gasteiger partial charge on any atom is -0.381 e. The zero-order chi connectivity index (χ0) is 17.2. The van der Waals surface area contributed by atoms with E-state index in [-0.39, 0.29) is 17.8 Å². The third kappa shape index (κ3) is 3.97. The third-order valence-electron chi connectivity index (χ3n) is 3.25. The zero-order valence-electron chi connectivity index (χ0n) is 11.9. The lowest BCUT2D eigenvalue weighted by Crippen LogP contribution is -2.12. The van der Waals surface area contributed by atoms with Crippen molar-refractivity contribution in [2.45, 2.75) is 19.6 Å². The Morgan fingerprint density at radius 3 is 2.43 bits per heavy atom. The number of hydrogen-bond acceptors (Lipinski definition) is 3. The summed E-state index contributed by atoms with van der Waals surface area (Å²) in [5.74, 6) is -0.966. The van der Waals surface area contributed by atoms with Crippen molar-refractivity contribution in [3.05, 3.63) is 69.0 Å². The number of aryl methyl sites for hydroxylation is 1. The molecule has 0 spiro atoms. The van der Waals surface area contributed by atoms with E-state index in [1.165, 1.54) is 25.1 Å². The lowest BCUT2D eigenvalue weighted by Gasteiger charge is -2.14. The molecule has 0 radical (unpaired) electrons. The minimum absolute atomic E-state index is 0.0756. The van der Waals surface area contributed by atoms with E-state index in [0.29, 0.717) is 17.3 Å². The normalized spacial score (nSPS) is 11.3. The second-order valence-electron chi connectivity index (χ2n) is 4.91. The Hall–Kier alpha value is -2.64. The van der Waals surface area contributed by atoms with Gasteiger partial charge >= 0.3 is 6.18 Å². The van der Waals surface area contributed by atoms with E-state index in [2.05, 4.69) is 5.32 Å². The molecule has 0 heterocycles. The first-order valence-electron chi connectivity index (χ1n) is 6.53. The fourth-order valence-electron chi connectivity index (χ4n) is 2.13. The molecule has 0 amide bonds. The molecule has 23 heavy (non-hydrogen) atoms. The van der Waals surface area contributed by atoms with Crippen molar-refractivity contribution in [3.63, 3.8) is 0 Å². The molecule has 0 saturated carbocycles. The smallest absolute Gasteiger partial charge is 0.381 e. The maximum absolute atomic E-state index is 13.0. The van der Waals surface area contributed by atoms with Crippen LogP contribution in [0.15, 0.2) is 36.4 Å². The van der Waals surface area contributed by atoms with Gasteiger partial charge in [-0.1, -0.05) is 6.07 Å². The van der Waals surface area contributed by atoms with Crippen LogP contribution in [0.2, 0.25) is 0 Å². The fourth-order valence-corrected chi connectivity index (χ4v) is 2.13. The van der Waals surface area contributed by atoms with E-state index < -0.39 is 22.5 Å². The van der Waals surface area contributed by atoms with Crippen LogP contribution in [-0.2, 0) is 12.7 Å². The highest BCUT2D eigenvalue weighted by molar-refractivity contribution is 5.54. The summed E-state index contributed by atoms with van der Waals surface area (Å²) in [6, 6.07) is 6.60. The summed E-state index contributed by atoms with van der Waals surface area (Å²) in [6.45, 7) is 1.34. The summed E-state index contributed by atoms with van der Waals surface area (Å²) in [5.41, 5.74) is -0.424. The molecular formula is C15H12F4N2O2. The summed E-state index contributed by atoms with van der Waals surface area (Å²) in [5, 5.41) is 13.5. The molecule has 2 aromatic carbocycles. The SMILES string of the molecule is Cc1cc(NCc2ccc(F)cc2C(F)(F)F)ccc1[N+](=O)[O-]. The van der Waals surface area contributed by atoms with Gasteiger partial charge in [-0.3, -0.25) is 10.1 Å². The van der Waals surface area contributed by atoms with E-state index in [1.807, 2.05) is 0 Å². The van der Waals surface area contributed by atoms with Gasteiger partial charge in [0, 0.05) is 23.9 Å². The van der Waals surface area contributed by atoms with Gasteiger partial charge in [-0.05, 0) is 36.8 Å². The van der Waals surface area contributed by atoms with Crippen molar-refractivity contribution >= 4 is 11.4 Å². The van der Waals surface area contributed by atoms with Crippen LogP contribution >= 0.6 is 0 Å². The quantitative estimate of drug-likeness (QED) is 0.504. The van der Waals surface area contributed by atoms with Crippen molar-refractivity contribution in [1.29, 1.82) is 0 Å². The molecule has 4 nitrogen and oxygen atoms in total. The number of benzene rings is 2. The highest BCUT2D eigenvalue weighted by atomic mass is 19.4. The summed E-state index contributed by atoms with van der Waals surface area (Å²) < 4.78 is 51.7. The highest BCUT2D eigenvalue weighted by Crippen LogP contribution is 2.33. The van der Waals surface area contributed by atoms with E-state index in [0.717, 1.165) is 12.1 Å². The Morgan fingerprint density at radius 1 is 1.17 bits per heavy atom. The number of alkyl halides is 3. The van der Waals surface area contributed by atoms with E-state index in [4.69, 9.17) is 0 Å². The first-order chi connectivity index (χ1) is 10.7. The van der Waals surface area contributed by atoms with Crippen LogP contribution in [0.5, 0.6) is 0 Å². The molecular weight excluding hydrogens is 316 g/mol. The van der Waals surface area contributed by atoms with Crippen molar-refractivity contribution in [2.75, 3.05) is 5.32 Å². The van der Waals surface area contributed by atoms with Crippen LogP contribution in [0.25, 0.3) is 0 Å². The average molecular weight is 328 g/mol. The fraction of sp³-hybridized carbons (Fsp3) is 0.200. The van der Waals surface area contributed by atoms with Crippen molar-refractivity contribution in [2.24, 2.45) is 0 Å². The van der Waals surface area contributed by atoms with Crippen molar-refractivity contribution < 1.29 is 22.5 Å². The van der Waals surface area contributed by atoms with Gasteiger partial charge in [0.2, 0.25) is 0 Å². The molecule has 0 bridgehead atoms. The molecule has 0 aliphatic rings. The number of halogens is 4. The van der Waals surface area contributed by atoms with Crippen LogP contribution in [0.1, 0.15) is 16.7 Å². The minimum atomic E-state index is -4.66. The molecule has 8 heteroatoms. The topological polar surface area (TPSA) is 55.2 Å². The second kappa shape index (κ2) is 6.23. The third-order valence-corrected chi connectivity index (χ3v) is 3.25. The number of nitro benzene ring substituents is 1. The number of rotatable bonds is 4. The summed E-state index contributed by atoms with van der Waals surface area (Å²) >= 11 is 0. The van der Waals surface area contributed by atoms with Crippen LogP contribution < -0.4 is 5.32 Å². The number of hydrogen-bond donors (Lipinski definition) is 1. The lowest BCUT2D eigenvalue weighted by atomic mass is 10.1. The van der Waals surface area contributed by atoms with Crippen molar-refractivity contribution in [1.82, 2.24) is 0 Å². The zero-order valence-corrected chi connectivity index (χ0v) is 11.9. The van der Waals surface area contributed by atoms with Gasteiger partial charge in [-0.25, -0.2) is 4.39 Å². The van der Waals surface area contributed by atoms with Crippen LogP contribution in [-0.4, -0.2) is 4.92 Å². The predicted molar refractivity (Wildman–Crippen MR) is 76.6 cm³/mol. The Morgan fingerprint density at radius 2 is 1.87 bits per heavy atom. The number of nitro groups is 1. The van der Waals surface area contributed by atoms with Gasteiger partial charge in [0.1, 0.15) is 5.82 Å². The van der Waals surface area contributed by atoms with E-state index >= 15 is 0 Å². The maximum Gasteiger partial charge on any atom is 0.416 e. The molecule has 2 aromatic rings. The lowest BCUT2D eigenvalue weighted by molar-refractivity contribution is -0.385. The summed E-state index contributed by atoms with van der Waals surface area (Å²) in [6.07, 6.45) is -4.66. The van der Waals surface area contributed by atoms with E-state index in [9.17, 15) is 27.7 Å². The summed E-state index contributed by atoms with van der Waals surface area (Å²) in [7, 11) is 0. The van der Waals surface area contributed by atoms with Gasteiger partial charge in [0.15, 0.2) is 0 Å². The van der Waals surface area contributed by atoms with Gasteiger partial charge in [-0.15, -0.1) is 0 Å². The highest BCUT2D eigenvalue weighted by Gasteiger charge is 2.33. The molecule has 0 saturated heterocycles. The molecule has 0 atom stereocenters. The van der Waals surface area contributed by atoms with Crippen LogP contribution in [0.4, 0.5) is 28.9 Å². The predicted octanol–water partition coefficient (Wildman–Crippen LogP) is 4.67. The molecule has 0 aliphatic carbocycles. The van der Waals surface area contributed by atoms with Gasteiger partial charge in [0.25, 0.3) is 5.69 Å². The molecule has 0 fully saturated rings. The Labute approximate surface area is 128 Å². The number of anilines is 1. The maximum atomic E-state index is 13.0. The molecule has 0 unspecified atom stereocenters. The monoisotopic (exact) mass is 328 g/mol. The average Bonchev–Trinajstić information content (AvgIpc) is 2.44. The standard InChI is InChI=1S/C15H12F4N2O2/c1-9-6-12(4-5-14(9)21(22)23)20-8-10-2-3-11(16)7-13(10)15(17,18)19/h2-7,20H,8H2,1H3. The van der Waals surface area contributed by atoms with Gasteiger partial charge < -0.3 is 5.32 Å². The molecule has 0 aromatic heterocycles. The summed E-state index contributed by atoms with van der Waals surface area (Å²) in [4.78, 5) is 10.2. The Bertz CT molecular complexity index is 745. The number of nitrogens with zero attached hydrogens (tertiary/aromatic N) is 1. The molecule has 2 rings (SSSR count). The first kappa shape index (κ1) is 16.7. The largest absolute Gasteiger partial charge is 0.416 e. The van der Waals surface area contributed by atoms with Crippen molar-refractivity contribution in [3.8, 4) is 0 Å². The first-order valence-corrected chi connectivity index (χ1v) is 6.53. The van der Waals surface area contributed by atoms with Crippen LogP contribution in [0.3, 0.4) is 0 Å². The molecule has 0 aliphatic heterocycles. The molecule has 122 valence electrons.